The van der Waals surface area contributed by atoms with Crippen LogP contribution in [0.3, 0.4) is 0 Å². The summed E-state index contributed by atoms with van der Waals surface area (Å²) < 4.78 is 37.7. The summed E-state index contributed by atoms with van der Waals surface area (Å²) in [5.74, 6) is 0. The molecule has 0 atom stereocenters. The van der Waals surface area contributed by atoms with Crippen molar-refractivity contribution < 1.29 is 38.1 Å². The third-order valence-corrected chi connectivity index (χ3v) is 5.49. The van der Waals surface area contributed by atoms with Crippen LogP contribution in [0.25, 0.3) is 0 Å². The molecule has 0 fully saturated rings. The van der Waals surface area contributed by atoms with Crippen LogP contribution in [0.1, 0.15) is 0 Å². The van der Waals surface area contributed by atoms with E-state index in [1.807, 2.05) is 31.3 Å². The molecule has 0 N–H and O–H groups in total. The van der Waals surface area contributed by atoms with Crippen molar-refractivity contribution in [1.82, 2.24) is 0 Å². The second kappa shape index (κ2) is 22.6. The van der Waals surface area contributed by atoms with Crippen molar-refractivity contribution in [1.29, 1.82) is 0 Å². The van der Waals surface area contributed by atoms with E-state index in [1.165, 1.54) is 12.1 Å². The molecule has 0 saturated carbocycles. The van der Waals surface area contributed by atoms with Crippen LogP contribution in [0.4, 0.5) is 22.7 Å². The van der Waals surface area contributed by atoms with Crippen molar-refractivity contribution in [3.8, 4) is 0 Å². The quantitative estimate of drug-likeness (QED) is 0.0730. The van der Waals surface area contributed by atoms with Crippen LogP contribution < -0.4 is 4.90 Å². The van der Waals surface area contributed by atoms with E-state index < -0.39 is 4.92 Å². The van der Waals surface area contributed by atoms with Gasteiger partial charge in [-0.3, -0.25) is 10.1 Å². The molecule has 0 aromatic heterocycles. The number of rotatable bonds is 25. The Bertz CT molecular complexity index is 962. The van der Waals surface area contributed by atoms with Gasteiger partial charge in [-0.15, -0.1) is 0 Å². The highest BCUT2D eigenvalue weighted by Crippen LogP contribution is 2.23. The summed E-state index contributed by atoms with van der Waals surface area (Å²) >= 11 is 0. The number of nitro groups is 1. The number of non-ortho nitro benzene ring substituents is 1. The van der Waals surface area contributed by atoms with Crippen molar-refractivity contribution in [2.45, 2.75) is 0 Å². The SMILES string of the molecule is COCCOCCOCCOCCOCCOCCOCCN(C)c1ccc(N=Nc2ccc([N+](=O)[O-])cc2)cc1. The molecule has 0 bridgehead atoms. The van der Waals surface area contributed by atoms with Gasteiger partial charge in [-0.25, -0.2) is 0 Å². The fourth-order valence-corrected chi connectivity index (χ4v) is 3.20. The molecule has 0 aliphatic heterocycles. The van der Waals surface area contributed by atoms with E-state index in [0.717, 1.165) is 12.2 Å². The maximum atomic E-state index is 10.7. The van der Waals surface area contributed by atoms with Crippen LogP contribution in [0.5, 0.6) is 0 Å². The predicted molar refractivity (Wildman–Crippen MR) is 154 cm³/mol. The number of nitro benzene ring substituents is 1. The van der Waals surface area contributed by atoms with Crippen LogP contribution in [0, 0.1) is 10.1 Å². The van der Waals surface area contributed by atoms with E-state index in [1.54, 1.807) is 19.2 Å². The first-order chi connectivity index (χ1) is 20.1. The lowest BCUT2D eigenvalue weighted by Crippen LogP contribution is -2.23. The number of ether oxygens (including phenoxy) is 7. The number of nitrogens with zero attached hydrogens (tertiary/aromatic N) is 4. The van der Waals surface area contributed by atoms with Gasteiger partial charge in [-0.05, 0) is 36.4 Å². The van der Waals surface area contributed by atoms with Crippen LogP contribution in [-0.2, 0) is 33.2 Å². The first-order valence-corrected chi connectivity index (χ1v) is 13.5. The van der Waals surface area contributed by atoms with Gasteiger partial charge in [-0.1, -0.05) is 0 Å². The van der Waals surface area contributed by atoms with Gasteiger partial charge in [-0.2, -0.15) is 10.2 Å². The first kappa shape index (κ1) is 34.2. The van der Waals surface area contributed by atoms with Gasteiger partial charge < -0.3 is 38.1 Å². The molecular formula is C28H42N4O9. The Morgan fingerprint density at radius 1 is 0.610 bits per heavy atom. The largest absolute Gasteiger partial charge is 0.382 e. The highest BCUT2D eigenvalue weighted by atomic mass is 16.6. The number of benzene rings is 2. The summed E-state index contributed by atoms with van der Waals surface area (Å²) in [6.45, 7) is 7.64. The molecular weight excluding hydrogens is 536 g/mol. The molecule has 0 saturated heterocycles. The van der Waals surface area contributed by atoms with Gasteiger partial charge in [0.2, 0.25) is 0 Å². The van der Waals surface area contributed by atoms with Gasteiger partial charge in [0.1, 0.15) is 0 Å². The first-order valence-electron chi connectivity index (χ1n) is 13.5. The number of hydrogen-bond donors (Lipinski definition) is 0. The summed E-state index contributed by atoms with van der Waals surface area (Å²) in [6, 6.07) is 13.6. The van der Waals surface area contributed by atoms with E-state index in [4.69, 9.17) is 33.2 Å². The molecule has 0 radical (unpaired) electrons. The van der Waals surface area contributed by atoms with Crippen LogP contribution in [0.15, 0.2) is 58.8 Å². The number of anilines is 1. The zero-order chi connectivity index (χ0) is 29.4. The Hall–Kier alpha value is -3.04. The summed E-state index contributed by atoms with van der Waals surface area (Å²) in [6.07, 6.45) is 0. The number of hydrogen-bond acceptors (Lipinski definition) is 12. The molecule has 0 unspecified atom stereocenters. The lowest BCUT2D eigenvalue weighted by atomic mass is 10.2. The summed E-state index contributed by atoms with van der Waals surface area (Å²) in [7, 11) is 3.63. The van der Waals surface area contributed by atoms with Gasteiger partial charge in [0.15, 0.2) is 0 Å². The standard InChI is InChI=1S/C28H42N4O9/c1-31(27-7-3-25(4-8-27)29-30-26-5-9-28(10-6-26)32(33)34)11-12-36-15-16-38-19-20-40-23-24-41-22-21-39-18-17-37-14-13-35-2/h3-10H,11-24H2,1-2H3. The van der Waals surface area contributed by atoms with Crippen molar-refractivity contribution >= 4 is 22.7 Å². The second-order valence-corrected chi connectivity index (χ2v) is 8.58. The van der Waals surface area contributed by atoms with Gasteiger partial charge in [0, 0.05) is 38.5 Å². The molecule has 0 aliphatic rings. The van der Waals surface area contributed by atoms with Gasteiger partial charge in [0.25, 0.3) is 5.69 Å². The lowest BCUT2D eigenvalue weighted by molar-refractivity contribution is -0.384. The normalized spacial score (nSPS) is 11.4. The fraction of sp³-hybridized carbons (Fsp3) is 0.571. The maximum absolute atomic E-state index is 10.7. The topological polar surface area (TPSA) is 136 Å². The van der Waals surface area contributed by atoms with Crippen molar-refractivity contribution in [2.24, 2.45) is 10.2 Å². The molecule has 0 amide bonds. The van der Waals surface area contributed by atoms with Crippen molar-refractivity contribution in [3.63, 3.8) is 0 Å². The van der Waals surface area contributed by atoms with Crippen LogP contribution >= 0.6 is 0 Å². The summed E-state index contributed by atoms with van der Waals surface area (Å²) in [4.78, 5) is 12.4. The molecule has 0 heterocycles. The smallest absolute Gasteiger partial charge is 0.269 e. The van der Waals surface area contributed by atoms with E-state index in [9.17, 15) is 10.1 Å². The zero-order valence-electron chi connectivity index (χ0n) is 24.0. The Kier molecular flexibility index (Phi) is 18.9. The van der Waals surface area contributed by atoms with Gasteiger partial charge in [0.05, 0.1) is 102 Å². The molecule has 0 aliphatic carbocycles. The number of methoxy groups -OCH3 is 1. The second-order valence-electron chi connectivity index (χ2n) is 8.58. The minimum Gasteiger partial charge on any atom is -0.382 e. The summed E-state index contributed by atoms with van der Waals surface area (Å²) in [5.41, 5.74) is 2.28. The Labute approximate surface area is 241 Å². The van der Waals surface area contributed by atoms with Gasteiger partial charge >= 0.3 is 0 Å². The third kappa shape index (κ3) is 16.7. The average Bonchev–Trinajstić information content (AvgIpc) is 2.99. The molecule has 2 rings (SSSR count). The van der Waals surface area contributed by atoms with E-state index in [0.29, 0.717) is 97.3 Å². The highest BCUT2D eigenvalue weighted by Gasteiger charge is 2.04. The Morgan fingerprint density at radius 2 is 0.976 bits per heavy atom. The Balaban J connectivity index is 1.40. The molecule has 2 aromatic carbocycles. The van der Waals surface area contributed by atoms with E-state index >= 15 is 0 Å². The van der Waals surface area contributed by atoms with Crippen molar-refractivity contribution in [3.05, 3.63) is 58.6 Å². The molecule has 2 aromatic rings. The molecule has 13 heteroatoms. The van der Waals surface area contributed by atoms with Crippen LogP contribution in [0.2, 0.25) is 0 Å². The summed E-state index contributed by atoms with van der Waals surface area (Å²) in [5, 5.41) is 19.0. The van der Waals surface area contributed by atoms with Crippen LogP contribution in [-0.4, -0.2) is 112 Å². The fourth-order valence-electron chi connectivity index (χ4n) is 3.20. The number of likely N-dealkylation sites (N-methyl/N-ethyl adjacent to an activating group) is 1. The predicted octanol–water partition coefficient (Wildman–Crippen LogP) is 4.19. The lowest BCUT2D eigenvalue weighted by Gasteiger charge is -2.19. The highest BCUT2D eigenvalue weighted by molar-refractivity contribution is 5.52. The number of azo groups is 1. The molecule has 0 spiro atoms. The third-order valence-electron chi connectivity index (χ3n) is 5.49. The maximum Gasteiger partial charge on any atom is 0.269 e. The van der Waals surface area contributed by atoms with E-state index in [-0.39, 0.29) is 5.69 Å². The molecule has 41 heavy (non-hydrogen) atoms. The van der Waals surface area contributed by atoms with Crippen molar-refractivity contribution in [2.75, 3.05) is 111 Å². The molecule has 13 nitrogen and oxygen atoms in total. The monoisotopic (exact) mass is 578 g/mol. The minimum atomic E-state index is -0.448. The Morgan fingerprint density at radius 3 is 1.37 bits per heavy atom. The molecule has 228 valence electrons. The minimum absolute atomic E-state index is 0.0192. The average molecular weight is 579 g/mol. The van der Waals surface area contributed by atoms with E-state index in [2.05, 4.69) is 15.1 Å². The zero-order valence-corrected chi connectivity index (χ0v) is 24.0.